The van der Waals surface area contributed by atoms with Gasteiger partial charge in [0.25, 0.3) is 0 Å². The molecule has 0 aliphatic heterocycles. The van der Waals surface area contributed by atoms with Crippen LogP contribution >= 0.6 is 12.4 Å². The molecule has 0 heterocycles. The van der Waals surface area contributed by atoms with E-state index in [1.807, 2.05) is 0 Å². The first-order chi connectivity index (χ1) is 4.39. The highest BCUT2D eigenvalue weighted by atomic mass is 35.5. The summed E-state index contributed by atoms with van der Waals surface area (Å²) in [7, 11) is 0. The number of fused-ring (bicyclic) bond motifs is 1. The van der Waals surface area contributed by atoms with Gasteiger partial charge >= 0.3 is 0 Å². The van der Waals surface area contributed by atoms with E-state index in [1.165, 1.54) is 32.1 Å². The van der Waals surface area contributed by atoms with E-state index in [1.54, 1.807) is 0 Å². The van der Waals surface area contributed by atoms with Gasteiger partial charge in [0.15, 0.2) is 0 Å². The standard InChI is InChI=1S/C8H15N.ClH/c9-8-6-4-2-1-3-5-7(6)8;/h6-8H,1-5,9H2;1H. The fourth-order valence-corrected chi connectivity index (χ4v) is 2.22. The fourth-order valence-electron chi connectivity index (χ4n) is 2.22. The SMILES string of the molecule is Cl.NC1C2CCCCCC12. The summed E-state index contributed by atoms with van der Waals surface area (Å²) >= 11 is 0. The molecule has 2 aliphatic carbocycles. The number of nitrogens with two attached hydrogens (primary N) is 1. The molecule has 2 aliphatic rings. The molecule has 2 unspecified atom stereocenters. The topological polar surface area (TPSA) is 26.0 Å². The van der Waals surface area contributed by atoms with Gasteiger partial charge in [0.1, 0.15) is 0 Å². The lowest BCUT2D eigenvalue weighted by atomic mass is 10.1. The minimum Gasteiger partial charge on any atom is -0.327 e. The van der Waals surface area contributed by atoms with Gasteiger partial charge in [-0.25, -0.2) is 0 Å². The van der Waals surface area contributed by atoms with Crippen molar-refractivity contribution in [2.24, 2.45) is 17.6 Å². The Balaban J connectivity index is 0.000000500. The van der Waals surface area contributed by atoms with Crippen LogP contribution in [0.3, 0.4) is 0 Å². The van der Waals surface area contributed by atoms with Crippen LogP contribution in [0.2, 0.25) is 0 Å². The second-order valence-corrected chi connectivity index (χ2v) is 3.54. The molecule has 2 heteroatoms. The summed E-state index contributed by atoms with van der Waals surface area (Å²) in [5, 5.41) is 0. The van der Waals surface area contributed by atoms with Gasteiger partial charge in [0.2, 0.25) is 0 Å². The first-order valence-electron chi connectivity index (χ1n) is 4.15. The van der Waals surface area contributed by atoms with E-state index in [4.69, 9.17) is 5.73 Å². The van der Waals surface area contributed by atoms with E-state index in [0.717, 1.165) is 11.8 Å². The number of hydrogen-bond donors (Lipinski definition) is 1. The van der Waals surface area contributed by atoms with Crippen LogP contribution < -0.4 is 5.73 Å². The molecule has 0 amide bonds. The Labute approximate surface area is 68.8 Å². The van der Waals surface area contributed by atoms with Crippen LogP contribution in [0.25, 0.3) is 0 Å². The van der Waals surface area contributed by atoms with Crippen molar-refractivity contribution in [3.8, 4) is 0 Å². The molecular weight excluding hydrogens is 146 g/mol. The van der Waals surface area contributed by atoms with E-state index < -0.39 is 0 Å². The molecule has 0 aromatic rings. The minimum atomic E-state index is 0. The number of rotatable bonds is 0. The number of halogens is 1. The Bertz CT molecular complexity index is 104. The van der Waals surface area contributed by atoms with Crippen LogP contribution in [0.15, 0.2) is 0 Å². The first kappa shape index (κ1) is 8.35. The van der Waals surface area contributed by atoms with Crippen molar-refractivity contribution in [1.29, 1.82) is 0 Å². The maximum Gasteiger partial charge on any atom is 0.0102 e. The summed E-state index contributed by atoms with van der Waals surface area (Å²) in [4.78, 5) is 0. The minimum absolute atomic E-state index is 0. The molecule has 2 rings (SSSR count). The van der Waals surface area contributed by atoms with Gasteiger partial charge in [0.05, 0.1) is 0 Å². The van der Waals surface area contributed by atoms with E-state index in [0.29, 0.717) is 6.04 Å². The molecule has 0 bridgehead atoms. The second kappa shape index (κ2) is 3.10. The lowest BCUT2D eigenvalue weighted by Gasteiger charge is -1.94. The molecule has 0 aromatic carbocycles. The van der Waals surface area contributed by atoms with Crippen molar-refractivity contribution < 1.29 is 0 Å². The predicted molar refractivity (Wildman–Crippen MR) is 45.3 cm³/mol. The largest absolute Gasteiger partial charge is 0.327 e. The molecule has 0 spiro atoms. The highest BCUT2D eigenvalue weighted by Gasteiger charge is 2.46. The van der Waals surface area contributed by atoms with Crippen LogP contribution in [-0.4, -0.2) is 6.04 Å². The highest BCUT2D eigenvalue weighted by molar-refractivity contribution is 5.85. The third kappa shape index (κ3) is 1.30. The summed E-state index contributed by atoms with van der Waals surface area (Å²) in [5.41, 5.74) is 5.84. The third-order valence-corrected chi connectivity index (χ3v) is 2.97. The van der Waals surface area contributed by atoms with Crippen LogP contribution in [0.5, 0.6) is 0 Å². The lowest BCUT2D eigenvalue weighted by Crippen LogP contribution is -2.04. The Morgan fingerprint density at radius 2 is 1.40 bits per heavy atom. The normalized spacial score (nSPS) is 44.7. The Kier molecular flexibility index (Phi) is 2.59. The van der Waals surface area contributed by atoms with Gasteiger partial charge in [-0.1, -0.05) is 19.3 Å². The van der Waals surface area contributed by atoms with Gasteiger partial charge in [-0.05, 0) is 24.7 Å². The van der Waals surface area contributed by atoms with Gasteiger partial charge in [0, 0.05) is 6.04 Å². The van der Waals surface area contributed by atoms with Crippen molar-refractivity contribution in [1.82, 2.24) is 0 Å². The Hall–Kier alpha value is 0.250. The summed E-state index contributed by atoms with van der Waals surface area (Å²) < 4.78 is 0. The molecule has 10 heavy (non-hydrogen) atoms. The molecule has 2 fully saturated rings. The average molecular weight is 162 g/mol. The third-order valence-electron chi connectivity index (χ3n) is 2.97. The molecule has 2 N–H and O–H groups in total. The Morgan fingerprint density at radius 1 is 0.900 bits per heavy atom. The van der Waals surface area contributed by atoms with E-state index in [-0.39, 0.29) is 12.4 Å². The Morgan fingerprint density at radius 3 is 1.90 bits per heavy atom. The van der Waals surface area contributed by atoms with Gasteiger partial charge in [-0.3, -0.25) is 0 Å². The predicted octanol–water partition coefficient (Wildman–Crippen LogP) is 1.95. The summed E-state index contributed by atoms with van der Waals surface area (Å²) in [6, 6.07) is 0.602. The highest BCUT2D eigenvalue weighted by Crippen LogP contribution is 2.46. The van der Waals surface area contributed by atoms with Crippen molar-refractivity contribution in [3.05, 3.63) is 0 Å². The molecular formula is C8H16ClN. The molecule has 0 saturated heterocycles. The monoisotopic (exact) mass is 161 g/mol. The quantitative estimate of drug-likeness (QED) is 0.578. The molecule has 2 atom stereocenters. The summed E-state index contributed by atoms with van der Waals surface area (Å²) in [5.74, 6) is 1.87. The van der Waals surface area contributed by atoms with Crippen molar-refractivity contribution in [3.63, 3.8) is 0 Å². The molecule has 0 radical (unpaired) electrons. The van der Waals surface area contributed by atoms with Crippen LogP contribution in [-0.2, 0) is 0 Å². The number of hydrogen-bond acceptors (Lipinski definition) is 1. The molecule has 0 aromatic heterocycles. The smallest absolute Gasteiger partial charge is 0.0102 e. The van der Waals surface area contributed by atoms with Crippen molar-refractivity contribution in [2.75, 3.05) is 0 Å². The zero-order chi connectivity index (χ0) is 6.27. The lowest BCUT2D eigenvalue weighted by molar-refractivity contribution is 0.619. The fraction of sp³-hybridized carbons (Fsp3) is 1.00. The van der Waals surface area contributed by atoms with E-state index in [2.05, 4.69) is 0 Å². The first-order valence-corrected chi connectivity index (χ1v) is 4.15. The van der Waals surface area contributed by atoms with Crippen LogP contribution in [0, 0.1) is 11.8 Å². The van der Waals surface area contributed by atoms with Crippen LogP contribution in [0.4, 0.5) is 0 Å². The second-order valence-electron chi connectivity index (χ2n) is 3.54. The average Bonchev–Trinajstić information content (AvgIpc) is 2.51. The maximum absolute atomic E-state index is 5.84. The maximum atomic E-state index is 5.84. The summed E-state index contributed by atoms with van der Waals surface area (Å²) in [6.45, 7) is 0. The molecule has 60 valence electrons. The van der Waals surface area contributed by atoms with Crippen molar-refractivity contribution >= 4 is 12.4 Å². The van der Waals surface area contributed by atoms with Crippen molar-refractivity contribution in [2.45, 2.75) is 38.1 Å². The van der Waals surface area contributed by atoms with E-state index in [9.17, 15) is 0 Å². The zero-order valence-electron chi connectivity index (χ0n) is 6.25. The molecule has 1 nitrogen and oxygen atoms in total. The van der Waals surface area contributed by atoms with Gasteiger partial charge in [-0.15, -0.1) is 12.4 Å². The van der Waals surface area contributed by atoms with E-state index >= 15 is 0 Å². The van der Waals surface area contributed by atoms with Gasteiger partial charge < -0.3 is 5.73 Å². The summed E-state index contributed by atoms with van der Waals surface area (Å²) in [6.07, 6.45) is 7.18. The van der Waals surface area contributed by atoms with Gasteiger partial charge in [-0.2, -0.15) is 0 Å². The van der Waals surface area contributed by atoms with Crippen LogP contribution in [0.1, 0.15) is 32.1 Å². The molecule has 2 saturated carbocycles. The zero-order valence-corrected chi connectivity index (χ0v) is 7.07.